The summed E-state index contributed by atoms with van der Waals surface area (Å²) in [5.74, 6) is 0. The van der Waals surface area contributed by atoms with Crippen molar-refractivity contribution >= 4 is 29.4 Å². The maximum atomic E-state index is 9.08. The Kier molecular flexibility index (Phi) is 4.78. The van der Waals surface area contributed by atoms with E-state index in [2.05, 4.69) is 0 Å². The molecule has 0 fully saturated rings. The third-order valence-electron chi connectivity index (χ3n) is 2.83. The molecule has 2 nitrogen and oxygen atoms in total. The second-order valence-corrected chi connectivity index (χ2v) is 4.89. The molecule has 1 aromatic carbocycles. The lowest BCUT2D eigenvalue weighted by molar-refractivity contribution is 0.247. The minimum absolute atomic E-state index is 0.0879. The molecule has 88 valence electrons. The number of benzene rings is 1. The van der Waals surface area contributed by atoms with Crippen LogP contribution in [0.25, 0.3) is 0 Å². The molecule has 2 N–H and O–H groups in total. The third-order valence-corrected chi connectivity index (χ3v) is 3.57. The maximum absolute atomic E-state index is 9.08. The van der Waals surface area contributed by atoms with E-state index >= 15 is 0 Å². The summed E-state index contributed by atoms with van der Waals surface area (Å²) in [6.07, 6.45) is 2.53. The van der Waals surface area contributed by atoms with Crippen molar-refractivity contribution in [2.24, 2.45) is 0 Å². The number of nitrogens with one attached hydrogen (secondary N) is 1. The topological polar surface area (TPSA) is 44.1 Å². The van der Waals surface area contributed by atoms with Gasteiger partial charge in [-0.2, -0.15) is 0 Å². The number of hydrogen-bond donors (Lipinski definition) is 2. The highest BCUT2D eigenvalue weighted by molar-refractivity contribution is 6.42. The van der Waals surface area contributed by atoms with Gasteiger partial charge in [0.05, 0.1) is 10.0 Å². The van der Waals surface area contributed by atoms with E-state index in [-0.39, 0.29) is 12.0 Å². The van der Waals surface area contributed by atoms with Crippen LogP contribution in [0.1, 0.15) is 25.3 Å². The molecule has 1 aromatic rings. The molecule has 0 bridgehead atoms. The van der Waals surface area contributed by atoms with Gasteiger partial charge in [-0.05, 0) is 42.2 Å². The van der Waals surface area contributed by atoms with Crippen LogP contribution in [0, 0.1) is 5.41 Å². The second-order valence-electron chi connectivity index (χ2n) is 4.07. The van der Waals surface area contributed by atoms with Crippen molar-refractivity contribution in [3.8, 4) is 0 Å². The minimum Gasteiger partial charge on any atom is -0.396 e. The molecule has 1 atom stereocenters. The second kappa shape index (κ2) is 5.67. The number of halogens is 2. The van der Waals surface area contributed by atoms with Gasteiger partial charge in [0.25, 0.3) is 0 Å². The number of aliphatic hydroxyl groups excluding tert-OH is 1. The number of hydrogen-bond acceptors (Lipinski definition) is 2. The number of rotatable bonds is 5. The predicted molar refractivity (Wildman–Crippen MR) is 68.9 cm³/mol. The summed E-state index contributed by atoms with van der Waals surface area (Å²) < 4.78 is 0. The predicted octanol–water partition coefficient (Wildman–Crippen LogP) is 3.67. The fourth-order valence-corrected chi connectivity index (χ4v) is 2.01. The zero-order chi connectivity index (χ0) is 12.2. The summed E-state index contributed by atoms with van der Waals surface area (Å²) >= 11 is 11.8. The first-order valence-electron chi connectivity index (χ1n) is 5.09. The van der Waals surface area contributed by atoms with Crippen molar-refractivity contribution in [1.82, 2.24) is 0 Å². The van der Waals surface area contributed by atoms with Crippen molar-refractivity contribution in [2.45, 2.75) is 25.2 Å². The van der Waals surface area contributed by atoms with Crippen molar-refractivity contribution in [1.29, 1.82) is 5.41 Å². The van der Waals surface area contributed by atoms with Crippen molar-refractivity contribution in [2.75, 3.05) is 6.61 Å². The van der Waals surface area contributed by atoms with Gasteiger partial charge in [-0.15, -0.1) is 0 Å². The van der Waals surface area contributed by atoms with Gasteiger partial charge in [0.2, 0.25) is 0 Å². The van der Waals surface area contributed by atoms with E-state index < -0.39 is 0 Å². The van der Waals surface area contributed by atoms with Crippen LogP contribution in [0.2, 0.25) is 10.0 Å². The smallest absolute Gasteiger partial charge is 0.0595 e. The van der Waals surface area contributed by atoms with Crippen LogP contribution < -0.4 is 0 Å². The first kappa shape index (κ1) is 13.5. The Morgan fingerprint density at radius 2 is 2.06 bits per heavy atom. The van der Waals surface area contributed by atoms with Crippen LogP contribution >= 0.6 is 23.2 Å². The SMILES string of the molecule is CC(CC=N)(CCO)c1ccc(Cl)c(Cl)c1. The van der Waals surface area contributed by atoms with E-state index in [4.69, 9.17) is 33.7 Å². The van der Waals surface area contributed by atoms with Crippen LogP contribution in [-0.2, 0) is 5.41 Å². The zero-order valence-corrected chi connectivity index (χ0v) is 10.6. The molecule has 0 radical (unpaired) electrons. The summed E-state index contributed by atoms with van der Waals surface area (Å²) in [7, 11) is 0. The Bertz CT molecular complexity index is 381. The zero-order valence-electron chi connectivity index (χ0n) is 9.13. The molecule has 0 amide bonds. The highest BCUT2D eigenvalue weighted by atomic mass is 35.5. The van der Waals surface area contributed by atoms with E-state index in [0.717, 1.165) is 5.56 Å². The lowest BCUT2D eigenvalue weighted by atomic mass is 9.77. The van der Waals surface area contributed by atoms with E-state index in [1.165, 1.54) is 6.21 Å². The fraction of sp³-hybridized carbons (Fsp3) is 0.417. The fourth-order valence-electron chi connectivity index (χ4n) is 1.71. The minimum atomic E-state index is -0.259. The molecule has 16 heavy (non-hydrogen) atoms. The molecule has 0 spiro atoms. The van der Waals surface area contributed by atoms with Crippen LogP contribution in [0.3, 0.4) is 0 Å². The highest BCUT2D eigenvalue weighted by Crippen LogP contribution is 2.34. The van der Waals surface area contributed by atoms with Gasteiger partial charge in [-0.1, -0.05) is 36.2 Å². The Labute approximate surface area is 106 Å². The summed E-state index contributed by atoms with van der Waals surface area (Å²) in [4.78, 5) is 0. The molecule has 1 rings (SSSR count). The summed E-state index contributed by atoms with van der Waals surface area (Å²) in [6, 6.07) is 5.45. The Balaban J connectivity index is 3.10. The van der Waals surface area contributed by atoms with Crippen LogP contribution in [0.5, 0.6) is 0 Å². The van der Waals surface area contributed by atoms with Crippen LogP contribution in [0.15, 0.2) is 18.2 Å². The molecule has 0 saturated heterocycles. The molecule has 0 aliphatic rings. The van der Waals surface area contributed by atoms with Gasteiger partial charge >= 0.3 is 0 Å². The lowest BCUT2D eigenvalue weighted by Crippen LogP contribution is -2.24. The molecule has 0 saturated carbocycles. The molecule has 1 unspecified atom stereocenters. The average Bonchev–Trinajstić information content (AvgIpc) is 2.22. The molecule has 0 heterocycles. The van der Waals surface area contributed by atoms with Gasteiger partial charge in [-0.25, -0.2) is 0 Å². The van der Waals surface area contributed by atoms with Crippen LogP contribution in [-0.4, -0.2) is 17.9 Å². The van der Waals surface area contributed by atoms with E-state index in [1.54, 1.807) is 6.07 Å². The van der Waals surface area contributed by atoms with Crippen molar-refractivity contribution < 1.29 is 5.11 Å². The molecule has 0 aromatic heterocycles. The summed E-state index contributed by atoms with van der Waals surface area (Å²) in [5.41, 5.74) is 0.740. The van der Waals surface area contributed by atoms with Crippen molar-refractivity contribution in [3.05, 3.63) is 33.8 Å². The quantitative estimate of drug-likeness (QED) is 0.779. The van der Waals surface area contributed by atoms with Crippen molar-refractivity contribution in [3.63, 3.8) is 0 Å². The van der Waals surface area contributed by atoms with Gasteiger partial charge in [0.15, 0.2) is 0 Å². The van der Waals surface area contributed by atoms with E-state index in [1.807, 2.05) is 19.1 Å². The van der Waals surface area contributed by atoms with Gasteiger partial charge < -0.3 is 10.5 Å². The Morgan fingerprint density at radius 3 is 2.56 bits per heavy atom. The Hall–Kier alpha value is -0.570. The largest absolute Gasteiger partial charge is 0.396 e. The molecular formula is C12H15Cl2NO. The van der Waals surface area contributed by atoms with E-state index in [9.17, 15) is 0 Å². The summed E-state index contributed by atoms with van der Waals surface area (Å²) in [6.45, 7) is 2.10. The first-order valence-corrected chi connectivity index (χ1v) is 5.84. The Morgan fingerprint density at radius 1 is 1.38 bits per heavy atom. The molecular weight excluding hydrogens is 245 g/mol. The monoisotopic (exact) mass is 259 g/mol. The highest BCUT2D eigenvalue weighted by Gasteiger charge is 2.25. The van der Waals surface area contributed by atoms with Gasteiger partial charge in [0.1, 0.15) is 0 Å². The van der Waals surface area contributed by atoms with Crippen LogP contribution in [0.4, 0.5) is 0 Å². The molecule has 4 heteroatoms. The summed E-state index contributed by atoms with van der Waals surface area (Å²) in [5, 5.41) is 17.3. The standard InChI is InChI=1S/C12H15Cl2NO/c1-12(4-6-15,5-7-16)9-2-3-10(13)11(14)8-9/h2-3,6,8,15-16H,4-5,7H2,1H3. The molecule has 0 aliphatic carbocycles. The molecule has 0 aliphatic heterocycles. The number of aliphatic hydroxyl groups is 1. The first-order chi connectivity index (χ1) is 7.53. The maximum Gasteiger partial charge on any atom is 0.0595 e. The van der Waals surface area contributed by atoms with Gasteiger partial charge in [-0.3, -0.25) is 0 Å². The van der Waals surface area contributed by atoms with Gasteiger partial charge in [0, 0.05) is 6.61 Å². The average molecular weight is 260 g/mol. The lowest BCUT2D eigenvalue weighted by Gasteiger charge is -2.28. The van der Waals surface area contributed by atoms with E-state index in [0.29, 0.717) is 22.9 Å². The normalized spacial score (nSPS) is 14.5. The third kappa shape index (κ3) is 2.97.